The maximum atomic E-state index is 11.0. The molecule has 4 heteroatoms. The van der Waals surface area contributed by atoms with Crippen molar-refractivity contribution in [2.45, 2.75) is 49.5 Å². The van der Waals surface area contributed by atoms with Crippen LogP contribution in [-0.4, -0.2) is 24.5 Å². The van der Waals surface area contributed by atoms with Gasteiger partial charge in [0.1, 0.15) is 6.29 Å². The fourth-order valence-electron chi connectivity index (χ4n) is 2.58. The summed E-state index contributed by atoms with van der Waals surface area (Å²) in [6, 6.07) is 16.8. The topological polar surface area (TPSA) is 52.3 Å². The molecule has 134 valence electrons. The van der Waals surface area contributed by atoms with Gasteiger partial charge in [0.15, 0.2) is 0 Å². The van der Waals surface area contributed by atoms with Crippen LogP contribution >= 0.6 is 11.8 Å². The van der Waals surface area contributed by atoms with E-state index in [0.29, 0.717) is 0 Å². The summed E-state index contributed by atoms with van der Waals surface area (Å²) < 4.78 is 5.97. The van der Waals surface area contributed by atoms with Crippen molar-refractivity contribution in [1.82, 2.24) is 0 Å². The highest BCUT2D eigenvalue weighted by Gasteiger charge is 2.25. The van der Waals surface area contributed by atoms with E-state index in [1.165, 1.54) is 21.6 Å². The summed E-state index contributed by atoms with van der Waals surface area (Å²) in [5.41, 5.74) is 8.65. The molecule has 0 amide bonds. The summed E-state index contributed by atoms with van der Waals surface area (Å²) in [6.45, 7) is 8.15. The number of carbonyl (C=O) groups excluding carboxylic acids is 1. The van der Waals surface area contributed by atoms with Crippen molar-refractivity contribution in [3.8, 4) is 0 Å². The van der Waals surface area contributed by atoms with Crippen molar-refractivity contribution in [3.05, 3.63) is 65.2 Å². The molecule has 2 N–H and O–H groups in total. The normalized spacial score (nSPS) is 16.0. The number of nitrogens with two attached hydrogens (primary N) is 1. The standard InChI is InChI=1S/C21H27NO2S/c1-15-10-11-19(16(2)12-15)25-20(18-8-6-5-7-9-18)17(3)24-14-21(4,22)13-23/h5-13,17,20H,14,22H2,1-4H3/t17-,20-,21-/m0/s1. The Morgan fingerprint density at radius 3 is 2.48 bits per heavy atom. The van der Waals surface area contributed by atoms with Gasteiger partial charge in [-0.1, -0.05) is 48.0 Å². The number of hydrogen-bond acceptors (Lipinski definition) is 4. The first-order chi connectivity index (χ1) is 11.8. The highest BCUT2D eigenvalue weighted by molar-refractivity contribution is 7.99. The molecule has 0 aliphatic heterocycles. The fourth-order valence-corrected chi connectivity index (χ4v) is 3.81. The number of benzene rings is 2. The van der Waals surface area contributed by atoms with Gasteiger partial charge >= 0.3 is 0 Å². The van der Waals surface area contributed by atoms with E-state index in [9.17, 15) is 4.79 Å². The van der Waals surface area contributed by atoms with Crippen LogP contribution in [0.5, 0.6) is 0 Å². The van der Waals surface area contributed by atoms with Gasteiger partial charge in [-0.3, -0.25) is 0 Å². The Morgan fingerprint density at radius 2 is 1.88 bits per heavy atom. The smallest absolute Gasteiger partial charge is 0.141 e. The van der Waals surface area contributed by atoms with Gasteiger partial charge in [-0.2, -0.15) is 0 Å². The van der Waals surface area contributed by atoms with Gasteiger partial charge in [-0.25, -0.2) is 0 Å². The molecule has 0 bridgehead atoms. The van der Waals surface area contributed by atoms with E-state index in [0.717, 1.165) is 6.29 Å². The van der Waals surface area contributed by atoms with Crippen molar-refractivity contribution in [2.24, 2.45) is 5.73 Å². The molecular formula is C21H27NO2S. The number of hydrogen-bond donors (Lipinski definition) is 1. The monoisotopic (exact) mass is 357 g/mol. The van der Waals surface area contributed by atoms with Crippen LogP contribution in [-0.2, 0) is 9.53 Å². The molecule has 0 saturated carbocycles. The zero-order valence-corrected chi connectivity index (χ0v) is 16.2. The fraction of sp³-hybridized carbons (Fsp3) is 0.381. The third kappa shape index (κ3) is 5.70. The Morgan fingerprint density at radius 1 is 1.20 bits per heavy atom. The summed E-state index contributed by atoms with van der Waals surface area (Å²) in [6.07, 6.45) is 0.657. The largest absolute Gasteiger partial charge is 0.375 e. The maximum Gasteiger partial charge on any atom is 0.141 e. The number of ether oxygens (including phenoxy) is 1. The number of carbonyl (C=O) groups is 1. The second-order valence-corrected chi connectivity index (χ2v) is 8.04. The van der Waals surface area contributed by atoms with Crippen LogP contribution in [0.3, 0.4) is 0 Å². The average molecular weight is 358 g/mol. The van der Waals surface area contributed by atoms with E-state index < -0.39 is 5.54 Å². The van der Waals surface area contributed by atoms with Crippen LogP contribution < -0.4 is 5.73 Å². The Labute approximate surface area is 155 Å². The van der Waals surface area contributed by atoms with Crippen molar-refractivity contribution in [3.63, 3.8) is 0 Å². The third-order valence-corrected chi connectivity index (χ3v) is 5.69. The summed E-state index contributed by atoms with van der Waals surface area (Å²) in [5.74, 6) is 0. The van der Waals surface area contributed by atoms with E-state index in [1.807, 2.05) is 25.1 Å². The summed E-state index contributed by atoms with van der Waals surface area (Å²) in [5, 5.41) is 0.116. The quantitative estimate of drug-likeness (QED) is 0.560. The molecule has 3 atom stereocenters. The molecule has 3 nitrogen and oxygen atoms in total. The molecule has 25 heavy (non-hydrogen) atoms. The van der Waals surface area contributed by atoms with Crippen molar-refractivity contribution in [2.75, 3.05) is 6.61 Å². The van der Waals surface area contributed by atoms with Gasteiger partial charge < -0.3 is 15.3 Å². The predicted molar refractivity (Wildman–Crippen MR) is 105 cm³/mol. The molecule has 0 aliphatic carbocycles. The lowest BCUT2D eigenvalue weighted by Gasteiger charge is -2.27. The Kier molecular flexibility index (Phi) is 6.82. The summed E-state index contributed by atoms with van der Waals surface area (Å²) in [4.78, 5) is 12.3. The molecule has 0 aromatic heterocycles. The Balaban J connectivity index is 2.22. The molecule has 2 aromatic carbocycles. The van der Waals surface area contributed by atoms with Crippen molar-refractivity contribution < 1.29 is 9.53 Å². The molecule has 2 aromatic rings. The predicted octanol–water partition coefficient (Wildman–Crippen LogP) is 4.46. The Bertz CT molecular complexity index is 700. The van der Waals surface area contributed by atoms with Gasteiger partial charge in [0.25, 0.3) is 0 Å². The first-order valence-electron chi connectivity index (χ1n) is 8.48. The number of aryl methyl sites for hydroxylation is 2. The van der Waals surface area contributed by atoms with E-state index in [4.69, 9.17) is 10.5 Å². The minimum atomic E-state index is -0.958. The molecule has 0 radical (unpaired) electrons. The van der Waals surface area contributed by atoms with Gasteiger partial charge in [-0.15, -0.1) is 11.8 Å². The number of thioether (sulfide) groups is 1. The minimum absolute atomic E-state index is 0.0871. The Hall–Kier alpha value is -1.62. The summed E-state index contributed by atoms with van der Waals surface area (Å²) in [7, 11) is 0. The van der Waals surface area contributed by atoms with Crippen LogP contribution in [0.4, 0.5) is 0 Å². The average Bonchev–Trinajstić information content (AvgIpc) is 2.60. The molecule has 0 saturated heterocycles. The van der Waals surface area contributed by atoms with Gasteiger partial charge in [0.2, 0.25) is 0 Å². The molecule has 0 aliphatic rings. The zero-order valence-electron chi connectivity index (χ0n) is 15.4. The molecular weight excluding hydrogens is 330 g/mol. The van der Waals surface area contributed by atoms with E-state index >= 15 is 0 Å². The second kappa shape index (κ2) is 8.65. The highest BCUT2D eigenvalue weighted by Crippen LogP contribution is 2.40. The van der Waals surface area contributed by atoms with Gasteiger partial charge in [0, 0.05) is 4.90 Å². The van der Waals surface area contributed by atoms with Crippen molar-refractivity contribution >= 4 is 18.0 Å². The lowest BCUT2D eigenvalue weighted by Crippen LogP contribution is -2.44. The third-order valence-electron chi connectivity index (χ3n) is 4.07. The molecule has 2 rings (SSSR count). The summed E-state index contributed by atoms with van der Waals surface area (Å²) >= 11 is 1.79. The maximum absolute atomic E-state index is 11.0. The highest BCUT2D eigenvalue weighted by atomic mass is 32.2. The van der Waals surface area contributed by atoms with Crippen LogP contribution in [0.1, 0.15) is 35.8 Å². The van der Waals surface area contributed by atoms with Crippen LogP contribution in [0.15, 0.2) is 53.4 Å². The lowest BCUT2D eigenvalue weighted by atomic mass is 10.1. The van der Waals surface area contributed by atoms with Crippen LogP contribution in [0.2, 0.25) is 0 Å². The van der Waals surface area contributed by atoms with E-state index in [1.54, 1.807) is 18.7 Å². The molecule has 0 heterocycles. The molecule has 0 fully saturated rings. The van der Waals surface area contributed by atoms with Crippen LogP contribution in [0.25, 0.3) is 0 Å². The number of aldehydes is 1. The number of rotatable bonds is 8. The SMILES string of the molecule is Cc1ccc(S[C@H](c2ccccc2)[C@H](C)OC[C@@](C)(N)C=O)c(C)c1. The van der Waals surface area contributed by atoms with Crippen LogP contribution in [0, 0.1) is 13.8 Å². The molecule has 0 spiro atoms. The van der Waals surface area contributed by atoms with E-state index in [-0.39, 0.29) is 18.0 Å². The lowest BCUT2D eigenvalue weighted by molar-refractivity contribution is -0.114. The van der Waals surface area contributed by atoms with Crippen molar-refractivity contribution in [1.29, 1.82) is 0 Å². The first-order valence-corrected chi connectivity index (χ1v) is 9.36. The van der Waals surface area contributed by atoms with E-state index in [2.05, 4.69) is 44.2 Å². The van der Waals surface area contributed by atoms with Gasteiger partial charge in [0.05, 0.1) is 23.5 Å². The molecule has 0 unspecified atom stereocenters. The first kappa shape index (κ1) is 19.7. The van der Waals surface area contributed by atoms with Gasteiger partial charge in [-0.05, 0) is 44.9 Å². The second-order valence-electron chi connectivity index (χ2n) is 6.86. The minimum Gasteiger partial charge on any atom is -0.375 e. The zero-order chi connectivity index (χ0) is 18.4.